The fourth-order valence-corrected chi connectivity index (χ4v) is 4.31. The van der Waals surface area contributed by atoms with Gasteiger partial charge in [0, 0.05) is 0 Å². The van der Waals surface area contributed by atoms with Crippen LogP contribution >= 0.6 is 0 Å². The first kappa shape index (κ1) is 20.0. The van der Waals surface area contributed by atoms with Crippen molar-refractivity contribution in [2.24, 2.45) is 0 Å². The lowest BCUT2D eigenvalue weighted by Crippen LogP contribution is -2.36. The summed E-state index contributed by atoms with van der Waals surface area (Å²) in [4.78, 5) is 0. The van der Waals surface area contributed by atoms with E-state index in [0.717, 1.165) is 25.3 Å². The molecule has 0 amide bonds. The molecule has 0 atom stereocenters. The lowest BCUT2D eigenvalue weighted by atomic mass is 10.1. The Morgan fingerprint density at radius 2 is 1.96 bits per heavy atom. The first-order valence-corrected chi connectivity index (χ1v) is 10.2. The maximum absolute atomic E-state index is 13.7. The SMILES string of the molecule is CCCCCCS(=O)(=O)NC1(c2ccc(F)c(OCC(F)F)c2)CC1. The molecule has 2 rings (SSSR count). The van der Waals surface area contributed by atoms with Gasteiger partial charge in [-0.2, -0.15) is 0 Å². The highest BCUT2D eigenvalue weighted by Gasteiger charge is 2.47. The molecule has 142 valence electrons. The van der Waals surface area contributed by atoms with Gasteiger partial charge >= 0.3 is 0 Å². The zero-order valence-corrected chi connectivity index (χ0v) is 15.0. The van der Waals surface area contributed by atoms with Crippen LogP contribution in [0.5, 0.6) is 5.75 Å². The van der Waals surface area contributed by atoms with Gasteiger partial charge in [-0.3, -0.25) is 0 Å². The second kappa shape index (κ2) is 8.40. The molecule has 0 unspecified atom stereocenters. The van der Waals surface area contributed by atoms with Crippen LogP contribution in [0.4, 0.5) is 13.2 Å². The minimum absolute atomic E-state index is 0.0463. The number of hydrogen-bond acceptors (Lipinski definition) is 3. The molecule has 0 aromatic heterocycles. The van der Waals surface area contributed by atoms with Crippen LogP contribution < -0.4 is 9.46 Å². The van der Waals surface area contributed by atoms with E-state index in [-0.39, 0.29) is 11.5 Å². The van der Waals surface area contributed by atoms with Crippen molar-refractivity contribution in [2.45, 2.75) is 57.4 Å². The summed E-state index contributed by atoms with van der Waals surface area (Å²) >= 11 is 0. The van der Waals surface area contributed by atoms with Crippen molar-refractivity contribution in [1.29, 1.82) is 0 Å². The molecule has 0 spiro atoms. The third-order valence-electron chi connectivity index (χ3n) is 4.22. The Balaban J connectivity index is 2.05. The number of nitrogens with one attached hydrogen (secondary N) is 1. The standard InChI is InChI=1S/C17H24F3NO3S/c1-2-3-4-5-10-25(22,23)21-17(8-9-17)13-6-7-14(18)15(11-13)24-12-16(19)20/h6-7,11,16,21H,2-5,8-10,12H2,1H3. The zero-order chi connectivity index (χ0) is 18.5. The molecule has 1 N–H and O–H groups in total. The first-order valence-electron chi connectivity index (χ1n) is 8.50. The van der Waals surface area contributed by atoms with Crippen molar-refractivity contribution < 1.29 is 26.3 Å². The smallest absolute Gasteiger partial charge is 0.272 e. The molecule has 1 fully saturated rings. The van der Waals surface area contributed by atoms with E-state index in [1.165, 1.54) is 12.1 Å². The second-order valence-corrected chi connectivity index (χ2v) is 8.25. The summed E-state index contributed by atoms with van der Waals surface area (Å²) in [5.74, 6) is -0.987. The van der Waals surface area contributed by atoms with E-state index in [4.69, 9.17) is 4.74 Å². The van der Waals surface area contributed by atoms with E-state index in [1.54, 1.807) is 0 Å². The Morgan fingerprint density at radius 1 is 1.24 bits per heavy atom. The molecule has 25 heavy (non-hydrogen) atoms. The summed E-state index contributed by atoms with van der Waals surface area (Å²) < 4.78 is 70.2. The van der Waals surface area contributed by atoms with Crippen LogP contribution in [0.1, 0.15) is 51.0 Å². The molecule has 1 saturated carbocycles. The van der Waals surface area contributed by atoms with Gasteiger partial charge in [0.15, 0.2) is 11.6 Å². The van der Waals surface area contributed by atoms with E-state index >= 15 is 0 Å². The van der Waals surface area contributed by atoms with Crippen LogP contribution in [0.15, 0.2) is 18.2 Å². The van der Waals surface area contributed by atoms with Gasteiger partial charge in [-0.05, 0) is 37.0 Å². The molecule has 1 aromatic carbocycles. The highest BCUT2D eigenvalue weighted by atomic mass is 32.2. The highest BCUT2D eigenvalue weighted by Crippen LogP contribution is 2.47. The molecule has 0 aliphatic heterocycles. The summed E-state index contributed by atoms with van der Waals surface area (Å²) in [6, 6.07) is 3.90. The van der Waals surface area contributed by atoms with Crippen LogP contribution in [0.2, 0.25) is 0 Å². The number of rotatable bonds is 11. The van der Waals surface area contributed by atoms with Gasteiger partial charge in [-0.1, -0.05) is 32.3 Å². The molecule has 1 aliphatic carbocycles. The predicted octanol–water partition coefficient (Wildman–Crippen LogP) is 3.96. The largest absolute Gasteiger partial charge is 0.485 e. The summed E-state index contributed by atoms with van der Waals surface area (Å²) in [5, 5.41) is 0. The maximum Gasteiger partial charge on any atom is 0.272 e. The Kier molecular flexibility index (Phi) is 6.73. The van der Waals surface area contributed by atoms with Gasteiger partial charge in [-0.15, -0.1) is 0 Å². The van der Waals surface area contributed by atoms with Gasteiger partial charge in [0.05, 0.1) is 11.3 Å². The van der Waals surface area contributed by atoms with E-state index in [1.807, 2.05) is 6.92 Å². The van der Waals surface area contributed by atoms with Crippen LogP contribution in [0.25, 0.3) is 0 Å². The number of halogens is 3. The third kappa shape index (κ3) is 5.88. The molecule has 0 bridgehead atoms. The lowest BCUT2D eigenvalue weighted by Gasteiger charge is -2.19. The van der Waals surface area contributed by atoms with Gasteiger partial charge in [0.1, 0.15) is 6.61 Å². The molecule has 4 nitrogen and oxygen atoms in total. The monoisotopic (exact) mass is 379 g/mol. The molecular weight excluding hydrogens is 355 g/mol. The molecule has 0 heterocycles. The van der Waals surface area contributed by atoms with E-state index in [2.05, 4.69) is 4.72 Å². The Hall–Kier alpha value is -1.28. The summed E-state index contributed by atoms with van der Waals surface area (Å²) in [6.07, 6.45) is 1.91. The topological polar surface area (TPSA) is 55.4 Å². The van der Waals surface area contributed by atoms with Gasteiger partial charge in [-0.25, -0.2) is 26.3 Å². The second-order valence-electron chi connectivity index (χ2n) is 6.41. The Morgan fingerprint density at radius 3 is 2.56 bits per heavy atom. The average Bonchev–Trinajstić information content (AvgIpc) is 3.30. The van der Waals surface area contributed by atoms with Gasteiger partial charge in [0.25, 0.3) is 6.43 Å². The number of benzene rings is 1. The fraction of sp³-hybridized carbons (Fsp3) is 0.647. The predicted molar refractivity (Wildman–Crippen MR) is 89.9 cm³/mol. The maximum atomic E-state index is 13.7. The molecule has 0 saturated heterocycles. The molecule has 1 aromatic rings. The minimum atomic E-state index is -3.46. The normalized spacial score (nSPS) is 16.2. The van der Waals surface area contributed by atoms with Crippen LogP contribution in [0.3, 0.4) is 0 Å². The Bertz CT molecular complexity index is 676. The number of alkyl halides is 2. The molecular formula is C17H24F3NO3S. The van der Waals surface area contributed by atoms with E-state index in [9.17, 15) is 21.6 Å². The van der Waals surface area contributed by atoms with Crippen molar-refractivity contribution in [2.75, 3.05) is 12.4 Å². The highest BCUT2D eigenvalue weighted by molar-refractivity contribution is 7.89. The summed E-state index contributed by atoms with van der Waals surface area (Å²) in [5.41, 5.74) is -0.240. The van der Waals surface area contributed by atoms with Crippen LogP contribution in [0, 0.1) is 5.82 Å². The summed E-state index contributed by atoms with van der Waals surface area (Å²) in [7, 11) is -3.46. The first-order chi connectivity index (χ1) is 11.8. The number of hydrogen-bond donors (Lipinski definition) is 1. The molecule has 0 radical (unpaired) electrons. The lowest BCUT2D eigenvalue weighted by molar-refractivity contribution is 0.0798. The van der Waals surface area contributed by atoms with Crippen LogP contribution in [-0.2, 0) is 15.6 Å². The van der Waals surface area contributed by atoms with Gasteiger partial charge < -0.3 is 4.74 Å². The van der Waals surface area contributed by atoms with Gasteiger partial charge in [0.2, 0.25) is 10.0 Å². The third-order valence-corrected chi connectivity index (χ3v) is 5.74. The van der Waals surface area contributed by atoms with Crippen molar-refractivity contribution >= 4 is 10.0 Å². The zero-order valence-electron chi connectivity index (χ0n) is 14.2. The number of sulfonamides is 1. The Labute approximate surface area is 146 Å². The summed E-state index contributed by atoms with van der Waals surface area (Å²) in [6.45, 7) is 1.14. The van der Waals surface area contributed by atoms with E-state index < -0.39 is 34.4 Å². The average molecular weight is 379 g/mol. The number of ether oxygens (including phenoxy) is 1. The quantitative estimate of drug-likeness (QED) is 0.592. The molecule has 1 aliphatic rings. The van der Waals surface area contributed by atoms with Crippen molar-refractivity contribution in [3.63, 3.8) is 0 Å². The molecule has 8 heteroatoms. The van der Waals surface area contributed by atoms with Crippen molar-refractivity contribution in [3.8, 4) is 5.75 Å². The van der Waals surface area contributed by atoms with Crippen LogP contribution in [-0.4, -0.2) is 27.2 Å². The minimum Gasteiger partial charge on any atom is -0.485 e. The number of unbranched alkanes of at least 4 members (excludes halogenated alkanes) is 3. The van der Waals surface area contributed by atoms with E-state index in [0.29, 0.717) is 24.8 Å². The van der Waals surface area contributed by atoms with Crippen molar-refractivity contribution in [3.05, 3.63) is 29.6 Å². The van der Waals surface area contributed by atoms with Crippen molar-refractivity contribution in [1.82, 2.24) is 4.72 Å². The fourth-order valence-electron chi connectivity index (χ4n) is 2.71.